The van der Waals surface area contributed by atoms with E-state index in [1.165, 1.54) is 57.8 Å². The van der Waals surface area contributed by atoms with Crippen LogP contribution in [0.2, 0.25) is 0 Å². The molecule has 1 heterocycles. The van der Waals surface area contributed by atoms with Gasteiger partial charge in [-0.25, -0.2) is 0 Å². The molecule has 1 aliphatic rings. The summed E-state index contributed by atoms with van der Waals surface area (Å²) in [6.45, 7) is 7.29. The highest BCUT2D eigenvalue weighted by molar-refractivity contribution is 7.45. The summed E-state index contributed by atoms with van der Waals surface area (Å²) in [5.41, 5.74) is -1.70. The highest BCUT2D eigenvalue weighted by atomic mass is 31.2. The number of hydrogen-bond acceptors (Lipinski definition) is 11. The number of phosphoric acid groups is 1. The molecule has 13 heteroatoms. The Kier molecular flexibility index (Phi) is 20.3. The van der Waals surface area contributed by atoms with Crippen LogP contribution in [-0.2, 0) is 37.4 Å². The Morgan fingerprint density at radius 1 is 0.870 bits per heavy atom. The zero-order valence-electron chi connectivity index (χ0n) is 29.9. The average Bonchev–Trinajstić information content (AvgIpc) is 3.18. The SMILES string of the molecule is CCCCCCCCCCCCCCCC(=O)OCC(COP(=O)([O-])OCC[N+](C)(C)C)OC(=O)CCC1(C)OCC(C)(C)N1O. The monoisotopic (exact) mass is 680 g/mol. The molecule has 1 N–H and O–H groups in total. The van der Waals surface area contributed by atoms with Crippen molar-refractivity contribution in [3.8, 4) is 0 Å². The van der Waals surface area contributed by atoms with Crippen molar-refractivity contribution in [2.75, 3.05) is 54.1 Å². The Labute approximate surface area is 278 Å². The van der Waals surface area contributed by atoms with Gasteiger partial charge in [-0.1, -0.05) is 84.0 Å². The maximum Gasteiger partial charge on any atom is 0.306 e. The lowest BCUT2D eigenvalue weighted by molar-refractivity contribution is -0.870. The van der Waals surface area contributed by atoms with E-state index in [9.17, 15) is 24.3 Å². The van der Waals surface area contributed by atoms with E-state index in [0.717, 1.165) is 24.3 Å². The van der Waals surface area contributed by atoms with E-state index < -0.39 is 43.7 Å². The molecule has 12 nitrogen and oxygen atoms in total. The van der Waals surface area contributed by atoms with E-state index in [0.29, 0.717) is 17.4 Å². The van der Waals surface area contributed by atoms with Gasteiger partial charge in [0.25, 0.3) is 7.82 Å². The van der Waals surface area contributed by atoms with Gasteiger partial charge in [0.15, 0.2) is 6.10 Å². The third kappa shape index (κ3) is 19.6. The van der Waals surface area contributed by atoms with E-state index in [2.05, 4.69) is 6.92 Å². The minimum absolute atomic E-state index is 0.0740. The maximum absolute atomic E-state index is 12.7. The summed E-state index contributed by atoms with van der Waals surface area (Å²) in [6.07, 6.45) is 14.7. The van der Waals surface area contributed by atoms with Crippen LogP contribution in [0.4, 0.5) is 0 Å². The number of nitrogens with zero attached hydrogens (tertiary/aromatic N) is 2. The number of likely N-dealkylation sites (N-methyl/N-ethyl adjacent to an activating group) is 1. The largest absolute Gasteiger partial charge is 0.756 e. The number of hydrogen-bond donors (Lipinski definition) is 1. The minimum Gasteiger partial charge on any atom is -0.756 e. The normalized spacial score (nSPS) is 20.4. The van der Waals surface area contributed by atoms with Crippen molar-refractivity contribution in [1.82, 2.24) is 5.06 Å². The predicted octanol–water partition coefficient (Wildman–Crippen LogP) is 6.13. The zero-order valence-corrected chi connectivity index (χ0v) is 30.8. The van der Waals surface area contributed by atoms with Gasteiger partial charge in [-0.05, 0) is 27.2 Å². The predicted molar refractivity (Wildman–Crippen MR) is 175 cm³/mol. The maximum atomic E-state index is 12.7. The van der Waals surface area contributed by atoms with Crippen LogP contribution in [0.1, 0.15) is 130 Å². The number of ether oxygens (including phenoxy) is 3. The fourth-order valence-corrected chi connectivity index (χ4v) is 5.88. The molecular weight excluding hydrogens is 615 g/mol. The van der Waals surface area contributed by atoms with E-state index in [1.54, 1.807) is 6.92 Å². The Morgan fingerprint density at radius 2 is 1.41 bits per heavy atom. The van der Waals surface area contributed by atoms with Crippen LogP contribution in [0.5, 0.6) is 0 Å². The van der Waals surface area contributed by atoms with Gasteiger partial charge in [-0.3, -0.25) is 14.2 Å². The lowest BCUT2D eigenvalue weighted by Crippen LogP contribution is -2.48. The van der Waals surface area contributed by atoms with Crippen LogP contribution < -0.4 is 4.89 Å². The van der Waals surface area contributed by atoms with Crippen LogP contribution in [0, 0.1) is 0 Å². The number of unbranched alkanes of at least 4 members (excludes halogenated alkanes) is 12. The summed E-state index contributed by atoms with van der Waals surface area (Å²) in [6, 6.07) is 0. The van der Waals surface area contributed by atoms with Gasteiger partial charge in [0, 0.05) is 19.3 Å². The average molecular weight is 681 g/mol. The van der Waals surface area contributed by atoms with Gasteiger partial charge >= 0.3 is 11.9 Å². The second-order valence-electron chi connectivity index (χ2n) is 14.5. The Morgan fingerprint density at radius 3 is 1.91 bits per heavy atom. The number of carbonyl (C=O) groups excluding carboxylic acids is 2. The first-order valence-electron chi connectivity index (χ1n) is 17.4. The number of hydroxylamine groups is 2. The van der Waals surface area contributed by atoms with Gasteiger partial charge in [-0.15, -0.1) is 0 Å². The first kappa shape index (κ1) is 42.9. The van der Waals surface area contributed by atoms with Crippen LogP contribution in [0.15, 0.2) is 0 Å². The van der Waals surface area contributed by atoms with Crippen molar-refractivity contribution < 1.29 is 52.0 Å². The van der Waals surface area contributed by atoms with Gasteiger partial charge in [0.05, 0.1) is 39.9 Å². The first-order valence-corrected chi connectivity index (χ1v) is 18.8. The summed E-state index contributed by atoms with van der Waals surface area (Å²) >= 11 is 0. The van der Waals surface area contributed by atoms with E-state index in [4.69, 9.17) is 23.3 Å². The molecule has 0 saturated carbocycles. The van der Waals surface area contributed by atoms with Crippen LogP contribution in [-0.4, -0.2) is 98.2 Å². The van der Waals surface area contributed by atoms with Crippen molar-refractivity contribution in [3.05, 3.63) is 0 Å². The molecule has 0 aromatic carbocycles. The third-order valence-electron chi connectivity index (χ3n) is 8.19. The molecule has 3 unspecified atom stereocenters. The molecule has 0 spiro atoms. The summed E-state index contributed by atoms with van der Waals surface area (Å²) in [5, 5.41) is 11.6. The van der Waals surface area contributed by atoms with Crippen LogP contribution >= 0.6 is 7.82 Å². The van der Waals surface area contributed by atoms with E-state index in [-0.39, 0.29) is 39.1 Å². The lowest BCUT2D eigenvalue weighted by atomic mass is 10.0. The summed E-state index contributed by atoms with van der Waals surface area (Å²) in [5.74, 6) is -1.12. The molecule has 1 fully saturated rings. The molecule has 0 aliphatic carbocycles. The quantitative estimate of drug-likeness (QED) is 0.0463. The van der Waals surface area contributed by atoms with Crippen molar-refractivity contribution >= 4 is 19.8 Å². The molecule has 0 aromatic rings. The standard InChI is InChI=1S/C33H65N2O10P/c1-8-9-10-11-12-13-14-15-16-17-18-19-20-21-30(36)41-26-29(27-44-46(39,40)43-25-24-35(5,6)7)45-31(37)22-23-33(4)34(38)32(2,3)28-42-33/h29,38H,8-28H2,1-7H3. The summed E-state index contributed by atoms with van der Waals surface area (Å²) in [4.78, 5) is 37.5. The highest BCUT2D eigenvalue weighted by Crippen LogP contribution is 2.39. The van der Waals surface area contributed by atoms with Crippen molar-refractivity contribution in [3.63, 3.8) is 0 Å². The summed E-state index contributed by atoms with van der Waals surface area (Å²) in [7, 11) is 1.01. The van der Waals surface area contributed by atoms with Gasteiger partial charge in [0.1, 0.15) is 25.5 Å². The number of phosphoric ester groups is 1. The van der Waals surface area contributed by atoms with E-state index in [1.807, 2.05) is 35.0 Å². The van der Waals surface area contributed by atoms with Crippen LogP contribution in [0.3, 0.4) is 0 Å². The Balaban J connectivity index is 2.46. The topological polar surface area (TPSA) is 144 Å². The Bertz CT molecular complexity index is 913. The fraction of sp³-hybridized carbons (Fsp3) is 0.939. The van der Waals surface area contributed by atoms with Gasteiger partial charge < -0.3 is 37.8 Å². The van der Waals surface area contributed by atoms with Gasteiger partial charge in [-0.2, -0.15) is 5.06 Å². The second kappa shape index (κ2) is 21.8. The third-order valence-corrected chi connectivity index (χ3v) is 9.16. The zero-order chi connectivity index (χ0) is 34.7. The lowest BCUT2D eigenvalue weighted by Gasteiger charge is -2.34. The van der Waals surface area contributed by atoms with Crippen LogP contribution in [0.25, 0.3) is 0 Å². The van der Waals surface area contributed by atoms with Crippen molar-refractivity contribution in [2.24, 2.45) is 0 Å². The number of esters is 2. The molecule has 3 atom stereocenters. The number of quaternary nitrogens is 1. The molecule has 272 valence electrons. The van der Waals surface area contributed by atoms with Crippen molar-refractivity contribution in [1.29, 1.82) is 0 Å². The minimum atomic E-state index is -4.68. The molecule has 0 bridgehead atoms. The molecule has 1 saturated heterocycles. The molecule has 0 aromatic heterocycles. The molecular formula is C33H65N2O10P. The van der Waals surface area contributed by atoms with Crippen molar-refractivity contribution in [2.45, 2.75) is 148 Å². The second-order valence-corrected chi connectivity index (χ2v) is 15.9. The molecule has 0 radical (unpaired) electrons. The number of rotatable bonds is 27. The molecule has 46 heavy (non-hydrogen) atoms. The first-order chi connectivity index (χ1) is 21.5. The fourth-order valence-electron chi connectivity index (χ4n) is 5.15. The smallest absolute Gasteiger partial charge is 0.306 e. The highest BCUT2D eigenvalue weighted by Gasteiger charge is 2.48. The molecule has 1 aliphatic heterocycles. The number of carbonyl (C=O) groups is 2. The Hall–Kier alpha value is -1.11. The van der Waals surface area contributed by atoms with E-state index >= 15 is 0 Å². The van der Waals surface area contributed by atoms with Gasteiger partial charge in [0.2, 0.25) is 0 Å². The summed E-state index contributed by atoms with van der Waals surface area (Å²) < 4.78 is 39.3. The molecule has 1 rings (SSSR count). The molecule has 0 amide bonds.